The van der Waals surface area contributed by atoms with E-state index in [1.54, 1.807) is 0 Å². The van der Waals surface area contributed by atoms with Crippen molar-refractivity contribution in [3.8, 4) is 0 Å². The average Bonchev–Trinajstić information content (AvgIpc) is 1.96. The lowest BCUT2D eigenvalue weighted by Gasteiger charge is -1.96. The molecule has 0 fully saturated rings. The second kappa shape index (κ2) is 3.37. The van der Waals surface area contributed by atoms with Crippen LogP contribution in [0.3, 0.4) is 0 Å². The van der Waals surface area contributed by atoms with Crippen molar-refractivity contribution in [1.82, 2.24) is 0 Å². The second-order valence-corrected chi connectivity index (χ2v) is 3.30. The minimum absolute atomic E-state index is 0.268. The summed E-state index contributed by atoms with van der Waals surface area (Å²) in [6.45, 7) is 0. The monoisotopic (exact) mass is 253 g/mol. The van der Waals surface area contributed by atoms with Crippen LogP contribution in [0.4, 0.5) is 10.1 Å². The molecule has 6 heteroatoms. The lowest BCUT2D eigenvalue weighted by Crippen LogP contribution is -1.92. The summed E-state index contributed by atoms with van der Waals surface area (Å²) in [6.07, 6.45) is 0. The van der Waals surface area contributed by atoms with Gasteiger partial charge in [-0.05, 0) is 6.07 Å². The fourth-order valence-corrected chi connectivity index (χ4v) is 1.47. The largest absolute Gasteiger partial charge is 0.307 e. The number of nitro benzene ring substituents is 1. The van der Waals surface area contributed by atoms with Crippen LogP contribution < -0.4 is 0 Å². The minimum atomic E-state index is -1.01. The molecule has 64 valence electrons. The van der Waals surface area contributed by atoms with Crippen molar-refractivity contribution in [3.63, 3.8) is 0 Å². The van der Waals surface area contributed by atoms with E-state index in [0.717, 1.165) is 6.07 Å². The van der Waals surface area contributed by atoms with Gasteiger partial charge in [0.1, 0.15) is 0 Å². The maximum absolute atomic E-state index is 12.8. The average molecular weight is 254 g/mol. The smallest absolute Gasteiger partial charge is 0.258 e. The summed E-state index contributed by atoms with van der Waals surface area (Å²) in [4.78, 5) is 9.38. The van der Waals surface area contributed by atoms with E-state index in [9.17, 15) is 14.5 Å². The predicted molar refractivity (Wildman–Crippen MR) is 45.8 cm³/mol. The lowest BCUT2D eigenvalue weighted by molar-refractivity contribution is -0.387. The first-order valence-corrected chi connectivity index (χ1v) is 3.98. The Morgan fingerprint density at radius 3 is 2.67 bits per heavy atom. The van der Waals surface area contributed by atoms with Crippen LogP contribution in [0, 0.1) is 15.9 Å². The highest BCUT2D eigenvalue weighted by Gasteiger charge is 2.17. The van der Waals surface area contributed by atoms with Gasteiger partial charge in [0.05, 0.1) is 9.95 Å². The molecule has 0 saturated carbocycles. The Labute approximate surface area is 80.4 Å². The van der Waals surface area contributed by atoms with Crippen LogP contribution in [0.2, 0.25) is 5.02 Å². The van der Waals surface area contributed by atoms with Gasteiger partial charge in [-0.25, -0.2) is 0 Å². The van der Waals surface area contributed by atoms with Crippen molar-refractivity contribution in [2.24, 2.45) is 0 Å². The molecular weight excluding hydrogens is 252 g/mol. The molecule has 0 aliphatic heterocycles. The standard InChI is InChI=1S/C6H2BrClFNO2/c7-3-1-4(8)6(9)5(2-3)10(11)12/h1-2H. The Hall–Kier alpha value is -0.680. The quantitative estimate of drug-likeness (QED) is 0.439. The van der Waals surface area contributed by atoms with E-state index in [1.165, 1.54) is 6.07 Å². The fraction of sp³-hybridized carbons (Fsp3) is 0. The van der Waals surface area contributed by atoms with Gasteiger partial charge in [-0.15, -0.1) is 0 Å². The zero-order valence-electron chi connectivity index (χ0n) is 5.55. The third-order valence-corrected chi connectivity index (χ3v) is 1.90. The molecule has 1 aromatic rings. The van der Waals surface area contributed by atoms with E-state index in [1.807, 2.05) is 0 Å². The number of benzene rings is 1. The van der Waals surface area contributed by atoms with Crippen LogP contribution in [-0.2, 0) is 0 Å². The molecule has 0 aliphatic carbocycles. The summed E-state index contributed by atoms with van der Waals surface area (Å²) in [7, 11) is 0. The Morgan fingerprint density at radius 2 is 2.17 bits per heavy atom. The van der Waals surface area contributed by atoms with Gasteiger partial charge in [0.2, 0.25) is 5.82 Å². The molecule has 12 heavy (non-hydrogen) atoms. The summed E-state index contributed by atoms with van der Waals surface area (Å²) < 4.78 is 13.2. The normalized spacial score (nSPS) is 9.92. The highest BCUT2D eigenvalue weighted by molar-refractivity contribution is 9.10. The van der Waals surface area contributed by atoms with E-state index in [4.69, 9.17) is 11.6 Å². The van der Waals surface area contributed by atoms with E-state index in [-0.39, 0.29) is 5.02 Å². The Morgan fingerprint density at radius 1 is 1.58 bits per heavy atom. The number of halogens is 3. The molecular formula is C6H2BrClFNO2. The molecule has 0 saturated heterocycles. The van der Waals surface area contributed by atoms with Crippen LogP contribution in [0.5, 0.6) is 0 Å². The highest BCUT2D eigenvalue weighted by atomic mass is 79.9. The van der Waals surface area contributed by atoms with Crippen LogP contribution in [0.25, 0.3) is 0 Å². The van der Waals surface area contributed by atoms with E-state index >= 15 is 0 Å². The van der Waals surface area contributed by atoms with Crippen molar-refractivity contribution in [2.45, 2.75) is 0 Å². The molecule has 1 aromatic carbocycles. The molecule has 0 spiro atoms. The van der Waals surface area contributed by atoms with Crippen LogP contribution in [0.1, 0.15) is 0 Å². The van der Waals surface area contributed by atoms with Gasteiger partial charge in [-0.3, -0.25) is 10.1 Å². The van der Waals surface area contributed by atoms with Crippen LogP contribution in [0.15, 0.2) is 16.6 Å². The number of nitrogens with zero attached hydrogens (tertiary/aromatic N) is 1. The molecule has 3 nitrogen and oxygen atoms in total. The molecule has 0 unspecified atom stereocenters. The number of hydrogen-bond acceptors (Lipinski definition) is 2. The zero-order valence-corrected chi connectivity index (χ0v) is 7.89. The van der Waals surface area contributed by atoms with Crippen molar-refractivity contribution >= 4 is 33.2 Å². The van der Waals surface area contributed by atoms with E-state index in [0.29, 0.717) is 4.47 Å². The maximum atomic E-state index is 12.8. The molecule has 0 heterocycles. The lowest BCUT2D eigenvalue weighted by atomic mass is 10.3. The van der Waals surface area contributed by atoms with Gasteiger partial charge in [0.15, 0.2) is 0 Å². The summed E-state index contributed by atoms with van der Waals surface area (Å²) in [6, 6.07) is 2.31. The SMILES string of the molecule is O=[N+]([O-])c1cc(Br)cc(Cl)c1F. The number of nitro groups is 1. The van der Waals surface area contributed by atoms with Crippen LogP contribution >= 0.6 is 27.5 Å². The van der Waals surface area contributed by atoms with Gasteiger partial charge < -0.3 is 0 Å². The Balaban J connectivity index is 3.37. The zero-order chi connectivity index (χ0) is 9.30. The molecule has 0 amide bonds. The maximum Gasteiger partial charge on any atom is 0.307 e. The highest BCUT2D eigenvalue weighted by Crippen LogP contribution is 2.28. The first kappa shape index (κ1) is 9.41. The van der Waals surface area contributed by atoms with Crippen molar-refractivity contribution < 1.29 is 9.31 Å². The van der Waals surface area contributed by atoms with Gasteiger partial charge in [-0.2, -0.15) is 4.39 Å². The third kappa shape index (κ3) is 1.73. The van der Waals surface area contributed by atoms with Crippen molar-refractivity contribution in [2.75, 3.05) is 0 Å². The van der Waals surface area contributed by atoms with Gasteiger partial charge in [0, 0.05) is 10.5 Å². The third-order valence-electron chi connectivity index (χ3n) is 1.17. The molecule has 0 aliphatic rings. The first-order chi connectivity index (χ1) is 5.52. The van der Waals surface area contributed by atoms with E-state index in [2.05, 4.69) is 15.9 Å². The number of hydrogen-bond donors (Lipinski definition) is 0. The summed E-state index contributed by atoms with van der Waals surface area (Å²) >= 11 is 8.31. The summed E-state index contributed by atoms with van der Waals surface area (Å²) in [5.74, 6) is -1.01. The van der Waals surface area contributed by atoms with Gasteiger partial charge >= 0.3 is 5.69 Å². The molecule has 0 aromatic heterocycles. The minimum Gasteiger partial charge on any atom is -0.258 e. The van der Waals surface area contributed by atoms with Crippen molar-refractivity contribution in [1.29, 1.82) is 0 Å². The van der Waals surface area contributed by atoms with Crippen LogP contribution in [-0.4, -0.2) is 4.92 Å². The first-order valence-electron chi connectivity index (χ1n) is 2.81. The van der Waals surface area contributed by atoms with Crippen molar-refractivity contribution in [3.05, 3.63) is 37.6 Å². The fourth-order valence-electron chi connectivity index (χ4n) is 0.675. The van der Waals surface area contributed by atoms with Gasteiger partial charge in [0.25, 0.3) is 0 Å². The summed E-state index contributed by atoms with van der Waals surface area (Å²) in [5.41, 5.74) is -0.630. The summed E-state index contributed by atoms with van der Waals surface area (Å²) in [5, 5.41) is 9.94. The molecule has 1 rings (SSSR count). The number of rotatable bonds is 1. The predicted octanol–water partition coefficient (Wildman–Crippen LogP) is 3.15. The molecule has 0 radical (unpaired) electrons. The molecule has 0 N–H and O–H groups in total. The van der Waals surface area contributed by atoms with E-state index < -0.39 is 16.4 Å². The second-order valence-electron chi connectivity index (χ2n) is 1.98. The Kier molecular flexibility index (Phi) is 2.64. The molecule has 0 atom stereocenters. The topological polar surface area (TPSA) is 43.1 Å². The Bertz CT molecular complexity index is 345. The van der Waals surface area contributed by atoms with Gasteiger partial charge in [-0.1, -0.05) is 27.5 Å². The molecule has 0 bridgehead atoms.